The maximum atomic E-state index is 12.4. The summed E-state index contributed by atoms with van der Waals surface area (Å²) in [5, 5.41) is 11.9. The van der Waals surface area contributed by atoms with Gasteiger partial charge in [-0.1, -0.05) is 23.4 Å². The van der Waals surface area contributed by atoms with Crippen LogP contribution in [0.3, 0.4) is 0 Å². The number of guanidine groups is 1. The van der Waals surface area contributed by atoms with Crippen LogP contribution in [0, 0.1) is 0 Å². The molecule has 0 radical (unpaired) electrons. The lowest BCUT2D eigenvalue weighted by Gasteiger charge is -2.31. The molecule has 6 atom stereocenters. The minimum atomic E-state index is -3.47. The first-order valence-electron chi connectivity index (χ1n) is 8.98. The number of ether oxygens (including phenoxy) is 1. The molecule has 2 saturated heterocycles. The first-order chi connectivity index (χ1) is 14.7. The Bertz CT molecular complexity index is 1080. The molecule has 5 rings (SSSR count). The van der Waals surface area contributed by atoms with Gasteiger partial charge in [0.1, 0.15) is 18.3 Å². The Morgan fingerprint density at radius 1 is 1.32 bits per heavy atom. The van der Waals surface area contributed by atoms with E-state index in [1.807, 2.05) is 0 Å². The molecule has 4 N–H and O–H groups in total. The molecule has 0 aliphatic carbocycles. The molecule has 0 spiro atoms. The molecule has 2 fully saturated rings. The standard InChI is InChI=1S/C16H15ClN5O6PS2/c17-6-1-3-7(4-2-6)31-16-19-9-12(20-15(18)21-13(9)24)22(16)14-10(23)11-8(27-14)5-26-29(25,30)28-11/h1-4,8-11,14,23H,5H2,(H,25,30)(H2,18,21,24)/t8-,9?,10-,11-,14-,29?/m1/s1. The Kier molecular flexibility index (Phi) is 5.44. The van der Waals surface area contributed by atoms with Crippen LogP contribution in [0.1, 0.15) is 0 Å². The fourth-order valence-corrected chi connectivity index (χ4v) is 6.04. The number of thioether (sulfide) groups is 1. The lowest BCUT2D eigenvalue weighted by Crippen LogP contribution is -2.51. The maximum absolute atomic E-state index is 12.4. The quantitative estimate of drug-likeness (QED) is 0.485. The second-order valence-corrected chi connectivity index (χ2v) is 11.2. The van der Waals surface area contributed by atoms with Crippen LogP contribution in [0.4, 0.5) is 0 Å². The average Bonchev–Trinajstić information content (AvgIpc) is 3.20. The molecule has 0 aromatic heterocycles. The van der Waals surface area contributed by atoms with Gasteiger partial charge in [0.15, 0.2) is 23.3 Å². The summed E-state index contributed by atoms with van der Waals surface area (Å²) in [5.74, 6) is -0.611. The minimum Gasteiger partial charge on any atom is -0.386 e. The number of amidine groups is 2. The number of amides is 1. The highest BCUT2D eigenvalue weighted by Crippen LogP contribution is 2.52. The number of carbonyl (C=O) groups excluding carboxylic acids is 1. The van der Waals surface area contributed by atoms with Crippen LogP contribution >= 0.6 is 30.1 Å². The zero-order chi connectivity index (χ0) is 21.9. The van der Waals surface area contributed by atoms with Crippen LogP contribution in [-0.2, 0) is 30.4 Å². The first kappa shape index (κ1) is 21.4. The molecular weight excluding hydrogens is 489 g/mol. The summed E-state index contributed by atoms with van der Waals surface area (Å²) >= 11 is 12.1. The summed E-state index contributed by atoms with van der Waals surface area (Å²) in [7, 11) is 0. The third-order valence-corrected chi connectivity index (χ3v) is 7.67. The van der Waals surface area contributed by atoms with Gasteiger partial charge < -0.3 is 25.0 Å². The second kappa shape index (κ2) is 7.87. The predicted octanol–water partition coefficient (Wildman–Crippen LogP) is 0.444. The van der Waals surface area contributed by atoms with E-state index < -0.39 is 43.2 Å². The molecule has 11 nitrogen and oxygen atoms in total. The van der Waals surface area contributed by atoms with E-state index in [4.69, 9.17) is 42.9 Å². The van der Waals surface area contributed by atoms with E-state index in [0.717, 1.165) is 4.90 Å². The van der Waals surface area contributed by atoms with E-state index in [-0.39, 0.29) is 18.4 Å². The molecule has 1 aromatic carbocycles. The molecule has 1 aromatic rings. The van der Waals surface area contributed by atoms with Crippen LogP contribution in [0.5, 0.6) is 0 Å². The number of hydrogen-bond acceptors (Lipinski definition) is 11. The van der Waals surface area contributed by atoms with Crippen LogP contribution in [0.15, 0.2) is 44.1 Å². The zero-order valence-corrected chi connectivity index (χ0v) is 18.7. The lowest BCUT2D eigenvalue weighted by atomic mass is 10.1. The fraction of sp³-hybridized carbons (Fsp3) is 0.375. The summed E-state index contributed by atoms with van der Waals surface area (Å²) in [6, 6.07) is 5.99. The van der Waals surface area contributed by atoms with E-state index >= 15 is 0 Å². The van der Waals surface area contributed by atoms with Crippen LogP contribution in [-0.4, -0.2) is 75.0 Å². The number of fused-ring (bicyclic) bond motifs is 2. The Hall–Kier alpha value is -1.41. The van der Waals surface area contributed by atoms with E-state index in [1.54, 1.807) is 24.3 Å². The van der Waals surface area contributed by atoms with Crippen molar-refractivity contribution < 1.29 is 28.6 Å². The number of carbonyl (C=O) groups is 1. The van der Waals surface area contributed by atoms with Gasteiger partial charge in [0, 0.05) is 9.92 Å². The number of nitrogens with zero attached hydrogens (tertiary/aromatic N) is 4. The number of aliphatic hydroxyl groups excluding tert-OH is 1. The monoisotopic (exact) mass is 503 g/mol. The highest BCUT2D eigenvalue weighted by molar-refractivity contribution is 8.14. The van der Waals surface area contributed by atoms with Gasteiger partial charge in [-0.2, -0.15) is 9.98 Å². The molecule has 4 heterocycles. The normalized spacial score (nSPS) is 37.1. The number of nitrogens with two attached hydrogens (primary N) is 1. The third-order valence-electron chi connectivity index (χ3n) is 4.87. The van der Waals surface area contributed by atoms with Crippen LogP contribution in [0.2, 0.25) is 5.02 Å². The number of halogens is 1. The van der Waals surface area contributed by atoms with Crippen molar-refractivity contribution in [1.82, 2.24) is 4.90 Å². The summed E-state index contributed by atoms with van der Waals surface area (Å²) in [6.07, 6.45) is -3.87. The van der Waals surface area contributed by atoms with Crippen molar-refractivity contribution >= 4 is 64.8 Å². The number of aliphatic hydroxyl groups is 1. The smallest absolute Gasteiger partial charge is 0.325 e. The molecule has 31 heavy (non-hydrogen) atoms. The van der Waals surface area contributed by atoms with Gasteiger partial charge in [-0.3, -0.25) is 14.2 Å². The van der Waals surface area contributed by atoms with E-state index in [1.165, 1.54) is 16.7 Å². The van der Waals surface area contributed by atoms with Gasteiger partial charge in [-0.25, -0.2) is 4.99 Å². The zero-order valence-electron chi connectivity index (χ0n) is 15.4. The van der Waals surface area contributed by atoms with E-state index in [0.29, 0.717) is 10.2 Å². The fourth-order valence-electron chi connectivity index (χ4n) is 3.53. The number of benzene rings is 1. The molecule has 0 saturated carbocycles. The topological polar surface area (TPSA) is 152 Å². The molecule has 1 amide bonds. The van der Waals surface area contributed by atoms with Gasteiger partial charge >= 0.3 is 6.72 Å². The summed E-state index contributed by atoms with van der Waals surface area (Å²) in [6.45, 7) is -3.52. The highest BCUT2D eigenvalue weighted by Gasteiger charge is 2.56. The minimum absolute atomic E-state index is 0.0465. The summed E-state index contributed by atoms with van der Waals surface area (Å²) in [4.78, 5) is 37.0. The summed E-state index contributed by atoms with van der Waals surface area (Å²) in [5.41, 5.74) is 5.70. The molecule has 164 valence electrons. The number of rotatable bonds is 2. The molecule has 4 aliphatic rings. The average molecular weight is 504 g/mol. The number of hydrogen-bond donors (Lipinski definition) is 3. The van der Waals surface area contributed by atoms with Crippen molar-refractivity contribution in [3.8, 4) is 0 Å². The molecule has 2 unspecified atom stereocenters. The van der Waals surface area contributed by atoms with E-state index in [9.17, 15) is 14.8 Å². The maximum Gasteiger partial charge on any atom is 0.325 e. The van der Waals surface area contributed by atoms with Crippen molar-refractivity contribution in [2.24, 2.45) is 20.7 Å². The second-order valence-electron chi connectivity index (χ2n) is 6.91. The summed E-state index contributed by atoms with van der Waals surface area (Å²) < 4.78 is 16.5. The van der Waals surface area contributed by atoms with Crippen molar-refractivity contribution in [1.29, 1.82) is 0 Å². The third kappa shape index (κ3) is 3.94. The lowest BCUT2D eigenvalue weighted by molar-refractivity contribution is -0.117. The van der Waals surface area contributed by atoms with Crippen molar-refractivity contribution in [2.75, 3.05) is 6.61 Å². The number of aliphatic imine (C=N–C) groups is 3. The van der Waals surface area contributed by atoms with Crippen molar-refractivity contribution in [3.05, 3.63) is 29.3 Å². The van der Waals surface area contributed by atoms with Gasteiger partial charge in [0.05, 0.1) is 6.61 Å². The molecule has 4 aliphatic heterocycles. The Morgan fingerprint density at radius 3 is 2.81 bits per heavy atom. The predicted molar refractivity (Wildman–Crippen MR) is 116 cm³/mol. The van der Waals surface area contributed by atoms with Gasteiger partial charge in [0.2, 0.25) is 5.96 Å². The molecular formula is C16H15ClN5O6PS2. The van der Waals surface area contributed by atoms with Crippen molar-refractivity contribution in [2.45, 2.75) is 35.5 Å². The first-order valence-corrected chi connectivity index (χ1v) is 12.8. The molecule has 15 heteroatoms. The highest BCUT2D eigenvalue weighted by atomic mass is 35.5. The Morgan fingerprint density at radius 2 is 2.06 bits per heavy atom. The Labute approximate surface area is 190 Å². The Balaban J connectivity index is 1.50. The molecule has 0 bridgehead atoms. The largest absolute Gasteiger partial charge is 0.386 e. The van der Waals surface area contributed by atoms with Gasteiger partial charge in [-0.05, 0) is 36.1 Å². The van der Waals surface area contributed by atoms with Gasteiger partial charge in [0.25, 0.3) is 5.91 Å². The van der Waals surface area contributed by atoms with E-state index in [2.05, 4.69) is 15.0 Å². The van der Waals surface area contributed by atoms with Crippen LogP contribution in [0.25, 0.3) is 0 Å². The van der Waals surface area contributed by atoms with Gasteiger partial charge in [-0.15, -0.1) is 0 Å². The van der Waals surface area contributed by atoms with Crippen molar-refractivity contribution in [3.63, 3.8) is 0 Å². The SMILES string of the molecule is NC1=NC(=O)C2N=C(Sc3ccc(Cl)cc3)N([C@@H]3O[C@@H]4COP(O)(=S)O[C@H]4[C@H]3O)C2=N1. The van der Waals surface area contributed by atoms with Crippen LogP contribution < -0.4 is 5.73 Å².